The Morgan fingerprint density at radius 1 is 1.36 bits per heavy atom. The van der Waals surface area contributed by atoms with Crippen LogP contribution >= 0.6 is 0 Å². The van der Waals surface area contributed by atoms with Crippen LogP contribution in [0.5, 0.6) is 0 Å². The second-order valence-corrected chi connectivity index (χ2v) is 6.11. The van der Waals surface area contributed by atoms with Crippen LogP contribution in [0.25, 0.3) is 11.7 Å². The van der Waals surface area contributed by atoms with E-state index in [9.17, 15) is 4.79 Å². The molecule has 2 aromatic rings. The Labute approximate surface area is 130 Å². The number of carbonyl (C=O) groups excluding carboxylic acids is 1. The summed E-state index contributed by atoms with van der Waals surface area (Å²) in [7, 11) is 0. The largest absolute Gasteiger partial charge is 0.459 e. The quantitative estimate of drug-likeness (QED) is 0.869. The maximum atomic E-state index is 12.7. The normalized spacial score (nSPS) is 22.0. The summed E-state index contributed by atoms with van der Waals surface area (Å²) >= 11 is 0. The summed E-state index contributed by atoms with van der Waals surface area (Å²) in [4.78, 5) is 19.1. The van der Waals surface area contributed by atoms with E-state index in [1.807, 2.05) is 11.8 Å². The summed E-state index contributed by atoms with van der Waals surface area (Å²) in [5.74, 6) is 1.82. The molecule has 1 aliphatic heterocycles. The van der Waals surface area contributed by atoms with Gasteiger partial charge in [-0.1, -0.05) is 0 Å². The fourth-order valence-corrected chi connectivity index (χ4v) is 3.25. The summed E-state index contributed by atoms with van der Waals surface area (Å²) in [6.45, 7) is 6.08. The van der Waals surface area contributed by atoms with Crippen LogP contribution in [0.3, 0.4) is 0 Å². The van der Waals surface area contributed by atoms with Crippen molar-refractivity contribution in [3.05, 3.63) is 29.9 Å². The number of aryl methyl sites for hydroxylation is 1. The number of furan rings is 1. The number of carbonyl (C=O) groups is 1. The first kappa shape index (κ1) is 14.9. The van der Waals surface area contributed by atoms with Gasteiger partial charge in [0.25, 0.3) is 5.89 Å². The first-order chi connectivity index (χ1) is 10.6. The number of hydrogen-bond acceptors (Lipinski definition) is 4. The van der Waals surface area contributed by atoms with Gasteiger partial charge in [0, 0.05) is 12.1 Å². The van der Waals surface area contributed by atoms with Gasteiger partial charge in [0.15, 0.2) is 5.76 Å². The molecule has 3 rings (SSSR count). The van der Waals surface area contributed by atoms with E-state index < -0.39 is 0 Å². The van der Waals surface area contributed by atoms with Crippen molar-refractivity contribution in [2.45, 2.75) is 58.5 Å². The number of nitrogens with zero attached hydrogens (tertiary/aromatic N) is 2. The number of rotatable bonds is 3. The molecule has 0 spiro atoms. The molecule has 0 bridgehead atoms. The number of amides is 1. The highest BCUT2D eigenvalue weighted by atomic mass is 16.4. The molecule has 22 heavy (non-hydrogen) atoms. The Hall–Kier alpha value is -2.04. The van der Waals surface area contributed by atoms with Crippen molar-refractivity contribution < 1.29 is 13.6 Å². The van der Waals surface area contributed by atoms with E-state index in [0.717, 1.165) is 12.8 Å². The molecule has 0 aliphatic carbocycles. The molecular weight excluding hydrogens is 280 g/mol. The zero-order valence-corrected chi connectivity index (χ0v) is 13.3. The predicted molar refractivity (Wildman–Crippen MR) is 82.3 cm³/mol. The Morgan fingerprint density at radius 2 is 2.09 bits per heavy atom. The van der Waals surface area contributed by atoms with Gasteiger partial charge in [-0.25, -0.2) is 4.98 Å². The van der Waals surface area contributed by atoms with E-state index in [2.05, 4.69) is 18.8 Å². The minimum atomic E-state index is 0.127. The second-order valence-electron chi connectivity index (χ2n) is 6.11. The molecule has 2 atom stereocenters. The fourth-order valence-electron chi connectivity index (χ4n) is 3.25. The molecular formula is C17H22N2O3. The highest BCUT2D eigenvalue weighted by molar-refractivity contribution is 5.79. The summed E-state index contributed by atoms with van der Waals surface area (Å²) in [6.07, 6.45) is 5.20. The van der Waals surface area contributed by atoms with Crippen LogP contribution in [0.15, 0.2) is 27.2 Å². The molecule has 0 radical (unpaired) electrons. The van der Waals surface area contributed by atoms with Crippen LogP contribution in [0, 0.1) is 6.92 Å². The lowest BCUT2D eigenvalue weighted by Crippen LogP contribution is -2.48. The van der Waals surface area contributed by atoms with Gasteiger partial charge in [-0.05, 0) is 52.2 Å². The summed E-state index contributed by atoms with van der Waals surface area (Å²) in [5.41, 5.74) is 0.696. The number of piperidine rings is 1. The van der Waals surface area contributed by atoms with Crippen LogP contribution in [0.1, 0.15) is 44.6 Å². The Kier molecular flexibility index (Phi) is 4.05. The second kappa shape index (κ2) is 5.99. The van der Waals surface area contributed by atoms with Crippen molar-refractivity contribution in [1.82, 2.24) is 9.88 Å². The van der Waals surface area contributed by atoms with E-state index in [1.165, 1.54) is 6.42 Å². The van der Waals surface area contributed by atoms with E-state index in [1.54, 1.807) is 18.4 Å². The van der Waals surface area contributed by atoms with Crippen molar-refractivity contribution in [3.63, 3.8) is 0 Å². The fraction of sp³-hybridized carbons (Fsp3) is 0.529. The van der Waals surface area contributed by atoms with E-state index in [-0.39, 0.29) is 12.3 Å². The topological polar surface area (TPSA) is 59.5 Å². The van der Waals surface area contributed by atoms with Gasteiger partial charge in [0.05, 0.1) is 18.4 Å². The average Bonchev–Trinajstić information content (AvgIpc) is 3.09. The molecule has 1 aliphatic rings. The van der Waals surface area contributed by atoms with E-state index in [4.69, 9.17) is 8.83 Å². The Morgan fingerprint density at radius 3 is 2.73 bits per heavy atom. The summed E-state index contributed by atoms with van der Waals surface area (Å²) in [5, 5.41) is 0. The monoisotopic (exact) mass is 302 g/mol. The number of likely N-dealkylation sites (tertiary alicyclic amines) is 1. The van der Waals surface area contributed by atoms with Gasteiger partial charge in [-0.3, -0.25) is 4.79 Å². The maximum absolute atomic E-state index is 12.7. The average molecular weight is 302 g/mol. The van der Waals surface area contributed by atoms with Crippen LogP contribution < -0.4 is 0 Å². The third-order valence-electron chi connectivity index (χ3n) is 4.42. The minimum absolute atomic E-state index is 0.127. The van der Waals surface area contributed by atoms with E-state index >= 15 is 0 Å². The van der Waals surface area contributed by atoms with Crippen molar-refractivity contribution in [2.75, 3.05) is 0 Å². The van der Waals surface area contributed by atoms with E-state index in [0.29, 0.717) is 35.2 Å². The van der Waals surface area contributed by atoms with Crippen molar-refractivity contribution in [2.24, 2.45) is 0 Å². The van der Waals surface area contributed by atoms with Crippen LogP contribution in [0.2, 0.25) is 0 Å². The van der Waals surface area contributed by atoms with Gasteiger partial charge < -0.3 is 13.7 Å². The molecule has 1 fully saturated rings. The minimum Gasteiger partial charge on any atom is -0.459 e. The molecule has 2 aromatic heterocycles. The van der Waals surface area contributed by atoms with Crippen LogP contribution in [-0.2, 0) is 11.2 Å². The van der Waals surface area contributed by atoms with Crippen molar-refractivity contribution >= 4 is 5.91 Å². The Balaban J connectivity index is 1.76. The molecule has 0 saturated carbocycles. The number of oxazole rings is 1. The highest BCUT2D eigenvalue weighted by Crippen LogP contribution is 2.26. The molecule has 3 heterocycles. The molecule has 1 amide bonds. The molecule has 118 valence electrons. The number of hydrogen-bond donors (Lipinski definition) is 0. The molecule has 0 unspecified atom stereocenters. The van der Waals surface area contributed by atoms with Gasteiger partial charge in [0.2, 0.25) is 5.91 Å². The SMILES string of the molecule is Cc1oc(-c2ccco2)nc1CC(=O)N1[C@H](C)CCC[C@H]1C. The lowest BCUT2D eigenvalue weighted by atomic mass is 9.97. The first-order valence-corrected chi connectivity index (χ1v) is 7.87. The zero-order chi connectivity index (χ0) is 15.7. The van der Waals surface area contributed by atoms with Crippen molar-refractivity contribution in [1.29, 1.82) is 0 Å². The third kappa shape index (κ3) is 2.80. The lowest BCUT2D eigenvalue weighted by molar-refractivity contribution is -0.136. The molecule has 5 heteroatoms. The van der Waals surface area contributed by atoms with Crippen molar-refractivity contribution in [3.8, 4) is 11.7 Å². The number of aromatic nitrogens is 1. The van der Waals surface area contributed by atoms with Crippen LogP contribution in [0.4, 0.5) is 0 Å². The summed E-state index contributed by atoms with van der Waals surface area (Å²) in [6, 6.07) is 4.18. The molecule has 5 nitrogen and oxygen atoms in total. The third-order valence-corrected chi connectivity index (χ3v) is 4.42. The molecule has 0 aromatic carbocycles. The van der Waals surface area contributed by atoms with Gasteiger partial charge in [-0.2, -0.15) is 0 Å². The summed E-state index contributed by atoms with van der Waals surface area (Å²) < 4.78 is 10.9. The van der Waals surface area contributed by atoms with Gasteiger partial charge >= 0.3 is 0 Å². The van der Waals surface area contributed by atoms with Crippen LogP contribution in [-0.4, -0.2) is 27.9 Å². The Bertz CT molecular complexity index is 635. The van der Waals surface area contributed by atoms with Gasteiger partial charge in [-0.15, -0.1) is 0 Å². The zero-order valence-electron chi connectivity index (χ0n) is 13.3. The molecule has 1 saturated heterocycles. The van der Waals surface area contributed by atoms with Gasteiger partial charge in [0.1, 0.15) is 5.76 Å². The maximum Gasteiger partial charge on any atom is 0.263 e. The first-order valence-electron chi connectivity index (χ1n) is 7.87. The predicted octanol–water partition coefficient (Wildman–Crippen LogP) is 3.58. The standard InChI is InChI=1S/C17H22N2O3/c1-11-6-4-7-12(2)19(11)16(20)10-14-13(3)22-17(18-14)15-8-5-9-21-15/h5,8-9,11-12H,4,6-7,10H2,1-3H3/t11-,12-/m1/s1. The lowest BCUT2D eigenvalue weighted by Gasteiger charge is -2.39. The smallest absolute Gasteiger partial charge is 0.263 e. The highest BCUT2D eigenvalue weighted by Gasteiger charge is 2.30. The molecule has 0 N–H and O–H groups in total.